The molecule has 3 nitrogen and oxygen atoms in total. The molecule has 1 rings (SSSR count). The molecule has 1 saturated carbocycles. The molecule has 0 aromatic heterocycles. The molecule has 0 aromatic rings. The second-order valence-electron chi connectivity index (χ2n) is 4.95. The third-order valence-corrected chi connectivity index (χ3v) is 3.39. The van der Waals surface area contributed by atoms with Crippen LogP contribution in [0.1, 0.15) is 33.1 Å². The fourth-order valence-electron chi connectivity index (χ4n) is 1.84. The Morgan fingerprint density at radius 2 is 2.07 bits per heavy atom. The molecule has 1 atom stereocenters. The van der Waals surface area contributed by atoms with Crippen molar-refractivity contribution < 1.29 is 5.11 Å². The van der Waals surface area contributed by atoms with E-state index < -0.39 is 5.60 Å². The van der Waals surface area contributed by atoms with Crippen LogP contribution in [0.3, 0.4) is 0 Å². The molecule has 0 heterocycles. The summed E-state index contributed by atoms with van der Waals surface area (Å²) in [6.45, 7) is 6.77. The minimum absolute atomic E-state index is 0.407. The van der Waals surface area contributed by atoms with Gasteiger partial charge in [0.05, 0.1) is 5.60 Å². The Bertz CT molecular complexity index is 167. The van der Waals surface area contributed by atoms with E-state index in [-0.39, 0.29) is 0 Å². The number of hydrogen-bond acceptors (Lipinski definition) is 3. The van der Waals surface area contributed by atoms with E-state index >= 15 is 0 Å². The van der Waals surface area contributed by atoms with Gasteiger partial charge < -0.3 is 16.2 Å². The van der Waals surface area contributed by atoms with E-state index in [1.54, 1.807) is 0 Å². The lowest BCUT2D eigenvalue weighted by molar-refractivity contribution is -0.0319. The Labute approximate surface area is 87.1 Å². The minimum atomic E-state index is -0.407. The molecule has 0 amide bonds. The number of nitrogens with one attached hydrogen (secondary N) is 1. The normalized spacial score (nSPS) is 22.1. The van der Waals surface area contributed by atoms with Gasteiger partial charge in [-0.3, -0.25) is 0 Å². The summed E-state index contributed by atoms with van der Waals surface area (Å²) in [7, 11) is 0. The molecule has 0 aromatic carbocycles. The lowest BCUT2D eigenvalue weighted by atomic mass is 9.80. The quantitative estimate of drug-likeness (QED) is 0.592. The topological polar surface area (TPSA) is 58.3 Å². The van der Waals surface area contributed by atoms with E-state index in [1.807, 2.05) is 0 Å². The first-order chi connectivity index (χ1) is 6.57. The molecule has 1 aliphatic carbocycles. The van der Waals surface area contributed by atoms with Crippen LogP contribution in [0, 0.1) is 11.8 Å². The summed E-state index contributed by atoms with van der Waals surface area (Å²) in [6.07, 6.45) is 3.08. The van der Waals surface area contributed by atoms with Gasteiger partial charge in [0.2, 0.25) is 0 Å². The lowest BCUT2D eigenvalue weighted by Gasteiger charge is -2.37. The van der Waals surface area contributed by atoms with Crippen molar-refractivity contribution in [2.45, 2.75) is 38.7 Å². The predicted molar refractivity (Wildman–Crippen MR) is 59.1 cm³/mol. The van der Waals surface area contributed by atoms with E-state index in [1.165, 1.54) is 6.42 Å². The SMILES string of the molecule is CC(C)C(CN)CNCC1(O)CCC1. The first-order valence-corrected chi connectivity index (χ1v) is 5.70. The Hall–Kier alpha value is -0.120. The van der Waals surface area contributed by atoms with Crippen molar-refractivity contribution in [3.8, 4) is 0 Å². The van der Waals surface area contributed by atoms with Crippen LogP contribution in [0.2, 0.25) is 0 Å². The van der Waals surface area contributed by atoms with Crippen LogP contribution >= 0.6 is 0 Å². The van der Waals surface area contributed by atoms with Crippen molar-refractivity contribution in [1.29, 1.82) is 0 Å². The molecule has 0 spiro atoms. The molecule has 3 heteroatoms. The summed E-state index contributed by atoms with van der Waals surface area (Å²) in [5.74, 6) is 1.14. The van der Waals surface area contributed by atoms with Gasteiger partial charge in [-0.1, -0.05) is 13.8 Å². The van der Waals surface area contributed by atoms with Crippen molar-refractivity contribution in [1.82, 2.24) is 5.32 Å². The number of nitrogens with two attached hydrogens (primary N) is 1. The molecule has 4 N–H and O–H groups in total. The van der Waals surface area contributed by atoms with Gasteiger partial charge in [-0.05, 0) is 44.2 Å². The van der Waals surface area contributed by atoms with Crippen LogP contribution < -0.4 is 11.1 Å². The van der Waals surface area contributed by atoms with Crippen LogP contribution in [-0.4, -0.2) is 30.3 Å². The van der Waals surface area contributed by atoms with E-state index in [0.717, 1.165) is 32.5 Å². The zero-order chi connectivity index (χ0) is 10.6. The molecule has 1 aliphatic rings. The summed E-state index contributed by atoms with van der Waals surface area (Å²) >= 11 is 0. The molecular weight excluding hydrogens is 176 g/mol. The van der Waals surface area contributed by atoms with E-state index in [9.17, 15) is 5.11 Å². The molecule has 0 saturated heterocycles. The molecule has 1 fully saturated rings. The maximum atomic E-state index is 9.84. The van der Waals surface area contributed by atoms with Crippen molar-refractivity contribution >= 4 is 0 Å². The summed E-state index contributed by atoms with van der Waals surface area (Å²) in [5, 5.41) is 13.2. The third kappa shape index (κ3) is 3.23. The molecule has 0 aliphatic heterocycles. The first-order valence-electron chi connectivity index (χ1n) is 5.70. The Kier molecular flexibility index (Phi) is 4.35. The van der Waals surface area contributed by atoms with Crippen LogP contribution in [0.15, 0.2) is 0 Å². The fraction of sp³-hybridized carbons (Fsp3) is 1.00. The number of hydrogen-bond donors (Lipinski definition) is 3. The zero-order valence-corrected chi connectivity index (χ0v) is 9.42. The van der Waals surface area contributed by atoms with Gasteiger partial charge in [0.15, 0.2) is 0 Å². The van der Waals surface area contributed by atoms with Gasteiger partial charge in [0.25, 0.3) is 0 Å². The molecule has 0 radical (unpaired) electrons. The van der Waals surface area contributed by atoms with Gasteiger partial charge in [0.1, 0.15) is 0 Å². The summed E-state index contributed by atoms with van der Waals surface area (Å²) in [6, 6.07) is 0. The van der Waals surface area contributed by atoms with Gasteiger partial charge in [-0.2, -0.15) is 0 Å². The van der Waals surface area contributed by atoms with Crippen LogP contribution in [0.4, 0.5) is 0 Å². The molecule has 1 unspecified atom stereocenters. The fourth-order valence-corrected chi connectivity index (χ4v) is 1.84. The Balaban J connectivity index is 2.13. The van der Waals surface area contributed by atoms with Gasteiger partial charge >= 0.3 is 0 Å². The third-order valence-electron chi connectivity index (χ3n) is 3.39. The summed E-state index contributed by atoms with van der Waals surface area (Å²) in [4.78, 5) is 0. The number of aliphatic hydroxyl groups is 1. The first kappa shape index (κ1) is 12.0. The highest BCUT2D eigenvalue weighted by Gasteiger charge is 2.33. The standard InChI is InChI=1S/C11H24N2O/c1-9(2)10(6-12)7-13-8-11(14)4-3-5-11/h9-10,13-14H,3-8,12H2,1-2H3. The average molecular weight is 200 g/mol. The van der Waals surface area contributed by atoms with Crippen LogP contribution in [-0.2, 0) is 0 Å². The summed E-state index contributed by atoms with van der Waals surface area (Å²) < 4.78 is 0. The highest BCUT2D eigenvalue weighted by molar-refractivity contribution is 4.89. The molecule has 14 heavy (non-hydrogen) atoms. The second kappa shape index (κ2) is 5.10. The maximum Gasteiger partial charge on any atom is 0.0771 e. The highest BCUT2D eigenvalue weighted by atomic mass is 16.3. The van der Waals surface area contributed by atoms with E-state index in [2.05, 4.69) is 19.2 Å². The van der Waals surface area contributed by atoms with Crippen molar-refractivity contribution in [3.05, 3.63) is 0 Å². The van der Waals surface area contributed by atoms with E-state index in [0.29, 0.717) is 11.8 Å². The van der Waals surface area contributed by atoms with Crippen molar-refractivity contribution in [2.24, 2.45) is 17.6 Å². The Morgan fingerprint density at radius 3 is 2.43 bits per heavy atom. The van der Waals surface area contributed by atoms with Crippen molar-refractivity contribution in [2.75, 3.05) is 19.6 Å². The van der Waals surface area contributed by atoms with Gasteiger partial charge in [0, 0.05) is 6.54 Å². The van der Waals surface area contributed by atoms with Crippen LogP contribution in [0.25, 0.3) is 0 Å². The minimum Gasteiger partial charge on any atom is -0.389 e. The summed E-state index contributed by atoms with van der Waals surface area (Å²) in [5.41, 5.74) is 5.26. The van der Waals surface area contributed by atoms with Gasteiger partial charge in [-0.15, -0.1) is 0 Å². The van der Waals surface area contributed by atoms with E-state index in [4.69, 9.17) is 5.73 Å². The zero-order valence-electron chi connectivity index (χ0n) is 9.42. The van der Waals surface area contributed by atoms with Crippen LogP contribution in [0.5, 0.6) is 0 Å². The lowest BCUT2D eigenvalue weighted by Crippen LogP contribution is -2.48. The molecular formula is C11H24N2O. The molecule has 84 valence electrons. The smallest absolute Gasteiger partial charge is 0.0771 e. The average Bonchev–Trinajstić information content (AvgIpc) is 2.09. The second-order valence-corrected chi connectivity index (χ2v) is 4.95. The van der Waals surface area contributed by atoms with Crippen molar-refractivity contribution in [3.63, 3.8) is 0 Å². The number of rotatable bonds is 6. The largest absolute Gasteiger partial charge is 0.389 e. The molecule has 0 bridgehead atoms. The maximum absolute atomic E-state index is 9.84. The monoisotopic (exact) mass is 200 g/mol. The Morgan fingerprint density at radius 1 is 1.43 bits per heavy atom. The van der Waals surface area contributed by atoms with Gasteiger partial charge in [-0.25, -0.2) is 0 Å². The highest BCUT2D eigenvalue weighted by Crippen LogP contribution is 2.30. The predicted octanol–water partition coefficient (Wildman–Crippen LogP) is 0.722.